The summed E-state index contributed by atoms with van der Waals surface area (Å²) in [6.07, 6.45) is 4.02. The standard InChI is InChI=1S/C10H9ClO2/c11-10(13)5-1-2-7-6-8(12)3-4-9(7)10/h1-4,6,12-13H,5H2. The molecule has 0 amide bonds. The summed E-state index contributed by atoms with van der Waals surface area (Å²) < 4.78 is 0. The molecular weight excluding hydrogens is 188 g/mol. The van der Waals surface area contributed by atoms with Crippen molar-refractivity contribution < 1.29 is 10.2 Å². The number of fused-ring (bicyclic) bond motifs is 1. The third-order valence-electron chi connectivity index (χ3n) is 2.13. The van der Waals surface area contributed by atoms with Gasteiger partial charge in [-0.1, -0.05) is 29.8 Å². The maximum absolute atomic E-state index is 9.75. The first kappa shape index (κ1) is 8.60. The molecule has 1 unspecified atom stereocenters. The van der Waals surface area contributed by atoms with E-state index in [4.69, 9.17) is 11.6 Å². The number of phenols is 1. The molecular formula is C10H9ClO2. The Labute approximate surface area is 81.1 Å². The van der Waals surface area contributed by atoms with Crippen LogP contribution in [0.15, 0.2) is 24.3 Å². The molecule has 3 heteroatoms. The molecule has 68 valence electrons. The Hall–Kier alpha value is -0.990. The van der Waals surface area contributed by atoms with E-state index in [1.54, 1.807) is 18.2 Å². The first-order valence-corrected chi connectivity index (χ1v) is 4.39. The summed E-state index contributed by atoms with van der Waals surface area (Å²) in [7, 11) is 0. The number of alkyl halides is 1. The van der Waals surface area contributed by atoms with Gasteiger partial charge in [0.25, 0.3) is 0 Å². The lowest BCUT2D eigenvalue weighted by atomic mass is 9.94. The van der Waals surface area contributed by atoms with Crippen LogP contribution in [-0.4, -0.2) is 10.2 Å². The van der Waals surface area contributed by atoms with Gasteiger partial charge in [-0.25, -0.2) is 0 Å². The van der Waals surface area contributed by atoms with Crippen LogP contribution in [0.4, 0.5) is 0 Å². The Morgan fingerprint density at radius 3 is 2.92 bits per heavy atom. The molecule has 0 bridgehead atoms. The van der Waals surface area contributed by atoms with Crippen LogP contribution in [0.1, 0.15) is 17.5 Å². The van der Waals surface area contributed by atoms with E-state index in [0.717, 1.165) is 5.56 Å². The molecule has 1 atom stereocenters. The van der Waals surface area contributed by atoms with Crippen LogP contribution >= 0.6 is 11.6 Å². The average Bonchev–Trinajstić information content (AvgIpc) is 2.02. The quantitative estimate of drug-likeness (QED) is 0.625. The highest BCUT2D eigenvalue weighted by Crippen LogP contribution is 2.37. The van der Waals surface area contributed by atoms with Crippen LogP contribution in [0.5, 0.6) is 5.75 Å². The van der Waals surface area contributed by atoms with Crippen molar-refractivity contribution in [3.8, 4) is 5.75 Å². The fourth-order valence-corrected chi connectivity index (χ4v) is 1.75. The molecule has 1 aliphatic rings. The van der Waals surface area contributed by atoms with Gasteiger partial charge >= 0.3 is 0 Å². The summed E-state index contributed by atoms with van der Waals surface area (Å²) in [5.74, 6) is 0.178. The summed E-state index contributed by atoms with van der Waals surface area (Å²) in [4.78, 5) is 0. The van der Waals surface area contributed by atoms with E-state index in [0.29, 0.717) is 12.0 Å². The van der Waals surface area contributed by atoms with Crippen LogP contribution in [0.3, 0.4) is 0 Å². The molecule has 2 nitrogen and oxygen atoms in total. The Morgan fingerprint density at radius 1 is 1.38 bits per heavy atom. The van der Waals surface area contributed by atoms with Crippen molar-refractivity contribution in [1.82, 2.24) is 0 Å². The van der Waals surface area contributed by atoms with E-state index in [1.165, 1.54) is 6.07 Å². The number of benzene rings is 1. The van der Waals surface area contributed by atoms with Crippen molar-refractivity contribution in [2.24, 2.45) is 0 Å². The minimum atomic E-state index is -1.32. The van der Waals surface area contributed by atoms with Gasteiger partial charge in [0.2, 0.25) is 0 Å². The lowest BCUT2D eigenvalue weighted by Crippen LogP contribution is -2.20. The Bertz CT molecular complexity index is 369. The largest absolute Gasteiger partial charge is 0.508 e. The Balaban J connectivity index is 2.61. The van der Waals surface area contributed by atoms with Crippen LogP contribution in [0.2, 0.25) is 0 Å². The summed E-state index contributed by atoms with van der Waals surface area (Å²) in [5, 5.41) is 17.6. The second-order valence-electron chi connectivity index (χ2n) is 3.14. The van der Waals surface area contributed by atoms with Gasteiger partial charge in [0.1, 0.15) is 5.75 Å². The molecule has 0 spiro atoms. The van der Waals surface area contributed by atoms with E-state index in [9.17, 15) is 10.2 Å². The topological polar surface area (TPSA) is 40.5 Å². The van der Waals surface area contributed by atoms with Crippen LogP contribution < -0.4 is 0 Å². The monoisotopic (exact) mass is 196 g/mol. The van der Waals surface area contributed by atoms with Crippen molar-refractivity contribution >= 4 is 17.7 Å². The predicted octanol–water partition coefficient (Wildman–Crippen LogP) is 2.19. The van der Waals surface area contributed by atoms with Gasteiger partial charge in [0.05, 0.1) is 0 Å². The van der Waals surface area contributed by atoms with Crippen LogP contribution in [0, 0.1) is 0 Å². The number of rotatable bonds is 0. The lowest BCUT2D eigenvalue weighted by Gasteiger charge is -2.24. The normalized spacial score (nSPS) is 25.7. The van der Waals surface area contributed by atoms with Crippen molar-refractivity contribution in [3.63, 3.8) is 0 Å². The highest BCUT2D eigenvalue weighted by Gasteiger charge is 2.29. The highest BCUT2D eigenvalue weighted by atomic mass is 35.5. The SMILES string of the molecule is Oc1ccc2c(c1)C=CCC2(O)Cl. The summed E-state index contributed by atoms with van der Waals surface area (Å²) in [6.45, 7) is 0. The average molecular weight is 197 g/mol. The molecule has 1 aliphatic carbocycles. The number of halogens is 1. The molecule has 0 saturated heterocycles. The smallest absolute Gasteiger partial charge is 0.168 e. The van der Waals surface area contributed by atoms with Crippen molar-refractivity contribution in [2.75, 3.05) is 0 Å². The van der Waals surface area contributed by atoms with Gasteiger partial charge < -0.3 is 10.2 Å². The van der Waals surface area contributed by atoms with E-state index in [2.05, 4.69) is 0 Å². The number of hydrogen-bond acceptors (Lipinski definition) is 2. The summed E-state index contributed by atoms with van der Waals surface area (Å²) in [6, 6.07) is 4.74. The zero-order valence-electron chi connectivity index (χ0n) is 6.87. The highest BCUT2D eigenvalue weighted by molar-refractivity contribution is 6.23. The third-order valence-corrected chi connectivity index (χ3v) is 2.49. The van der Waals surface area contributed by atoms with Crippen molar-refractivity contribution in [2.45, 2.75) is 11.5 Å². The fourth-order valence-electron chi connectivity index (χ4n) is 1.49. The van der Waals surface area contributed by atoms with Crippen molar-refractivity contribution in [3.05, 3.63) is 35.4 Å². The van der Waals surface area contributed by atoms with Crippen molar-refractivity contribution in [1.29, 1.82) is 0 Å². The summed E-state index contributed by atoms with van der Waals surface area (Å²) in [5.41, 5.74) is 1.42. The molecule has 0 fully saturated rings. The van der Waals surface area contributed by atoms with Crippen LogP contribution in [0.25, 0.3) is 6.08 Å². The maximum atomic E-state index is 9.75. The van der Waals surface area contributed by atoms with E-state index in [1.807, 2.05) is 6.08 Å². The zero-order valence-corrected chi connectivity index (χ0v) is 7.62. The molecule has 0 saturated carbocycles. The number of aromatic hydroxyl groups is 1. The molecule has 1 aromatic rings. The Morgan fingerprint density at radius 2 is 2.15 bits per heavy atom. The molecule has 1 aromatic carbocycles. The minimum Gasteiger partial charge on any atom is -0.508 e. The zero-order chi connectivity index (χ0) is 9.47. The maximum Gasteiger partial charge on any atom is 0.168 e. The molecule has 0 heterocycles. The van der Waals surface area contributed by atoms with E-state index in [-0.39, 0.29) is 5.75 Å². The number of phenolic OH excluding ortho intramolecular Hbond substituents is 1. The second-order valence-corrected chi connectivity index (χ2v) is 3.76. The first-order valence-electron chi connectivity index (χ1n) is 4.01. The molecule has 0 aliphatic heterocycles. The van der Waals surface area contributed by atoms with E-state index < -0.39 is 5.06 Å². The van der Waals surface area contributed by atoms with Gasteiger partial charge in [0, 0.05) is 12.0 Å². The number of hydrogen-bond donors (Lipinski definition) is 2. The Kier molecular flexibility index (Phi) is 1.82. The molecule has 0 aromatic heterocycles. The van der Waals surface area contributed by atoms with E-state index >= 15 is 0 Å². The third kappa shape index (κ3) is 1.43. The van der Waals surface area contributed by atoms with Gasteiger partial charge in [-0.2, -0.15) is 0 Å². The van der Waals surface area contributed by atoms with Gasteiger partial charge in [-0.3, -0.25) is 0 Å². The predicted molar refractivity (Wildman–Crippen MR) is 51.5 cm³/mol. The summed E-state index contributed by atoms with van der Waals surface area (Å²) >= 11 is 5.88. The van der Waals surface area contributed by atoms with Crippen LogP contribution in [-0.2, 0) is 5.06 Å². The molecule has 13 heavy (non-hydrogen) atoms. The molecule has 2 rings (SSSR count). The second kappa shape index (κ2) is 2.76. The first-order chi connectivity index (χ1) is 6.09. The minimum absolute atomic E-state index is 0.178. The fraction of sp³-hybridized carbons (Fsp3) is 0.200. The lowest BCUT2D eigenvalue weighted by molar-refractivity contribution is 0.131. The van der Waals surface area contributed by atoms with Gasteiger partial charge in [-0.15, -0.1) is 0 Å². The number of aliphatic hydroxyl groups is 1. The molecule has 0 radical (unpaired) electrons. The van der Waals surface area contributed by atoms with Gasteiger partial charge in [-0.05, 0) is 17.7 Å². The molecule has 2 N–H and O–H groups in total. The van der Waals surface area contributed by atoms with Gasteiger partial charge in [0.15, 0.2) is 5.06 Å².